The molecule has 8 heteroatoms. The molecule has 0 radical (unpaired) electrons. The smallest absolute Gasteiger partial charge is 0.306 e. The van der Waals surface area contributed by atoms with Crippen LogP contribution >= 0.6 is 11.6 Å². The van der Waals surface area contributed by atoms with Crippen molar-refractivity contribution in [1.82, 2.24) is 0 Å². The summed E-state index contributed by atoms with van der Waals surface area (Å²) in [7, 11) is 2.65. The summed E-state index contributed by atoms with van der Waals surface area (Å²) in [6, 6.07) is 5.39. The third-order valence-corrected chi connectivity index (χ3v) is 3.88. The van der Waals surface area contributed by atoms with Crippen LogP contribution in [0.2, 0.25) is 5.02 Å². The van der Waals surface area contributed by atoms with E-state index in [0.29, 0.717) is 5.56 Å². The van der Waals surface area contributed by atoms with Crippen LogP contribution in [0.4, 0.5) is 0 Å². The second-order valence-corrected chi connectivity index (χ2v) is 5.67. The first-order chi connectivity index (χ1) is 11.9. The summed E-state index contributed by atoms with van der Waals surface area (Å²) < 4.78 is 15.2. The lowest BCUT2D eigenvalue weighted by molar-refractivity contribution is -0.140. The number of methoxy groups -OCH3 is 2. The molecule has 1 aromatic carbocycles. The van der Waals surface area contributed by atoms with Crippen LogP contribution in [0.3, 0.4) is 0 Å². The number of rotatable bonds is 6. The molecule has 1 aromatic heterocycles. The number of carbonyl (C=O) groups excluding carboxylic acids is 1. The zero-order valence-corrected chi connectivity index (χ0v) is 14.4. The van der Waals surface area contributed by atoms with Gasteiger partial charge in [0, 0.05) is 13.2 Å². The minimum atomic E-state index is -0.838. The normalized spacial score (nSPS) is 12.0. The molecule has 7 nitrogen and oxygen atoms in total. The van der Waals surface area contributed by atoms with Gasteiger partial charge in [0.05, 0.1) is 24.5 Å². The largest absolute Gasteiger partial charge is 0.506 e. The molecule has 0 aliphatic heterocycles. The molecule has 134 valence electrons. The van der Waals surface area contributed by atoms with Crippen molar-refractivity contribution in [2.24, 2.45) is 0 Å². The van der Waals surface area contributed by atoms with E-state index < -0.39 is 23.1 Å². The lowest BCUT2D eigenvalue weighted by Crippen LogP contribution is -2.14. The first-order valence-electron chi connectivity index (χ1n) is 7.27. The van der Waals surface area contributed by atoms with Gasteiger partial charge in [0.2, 0.25) is 11.2 Å². The highest BCUT2D eigenvalue weighted by Crippen LogP contribution is 2.36. The molecule has 25 heavy (non-hydrogen) atoms. The Balaban J connectivity index is 2.61. The fourth-order valence-electron chi connectivity index (χ4n) is 2.36. The Morgan fingerprint density at radius 3 is 2.60 bits per heavy atom. The molecule has 0 amide bonds. The predicted molar refractivity (Wildman–Crippen MR) is 88.9 cm³/mol. The highest BCUT2D eigenvalue weighted by molar-refractivity contribution is 6.32. The van der Waals surface area contributed by atoms with Gasteiger partial charge < -0.3 is 24.1 Å². The fraction of sp³-hybridized carbons (Fsp3) is 0.294. The van der Waals surface area contributed by atoms with E-state index in [1.165, 1.54) is 32.4 Å². The molecule has 0 unspecified atom stereocenters. The van der Waals surface area contributed by atoms with Crippen molar-refractivity contribution in [2.75, 3.05) is 14.2 Å². The van der Waals surface area contributed by atoms with Gasteiger partial charge in [0.25, 0.3) is 0 Å². The van der Waals surface area contributed by atoms with E-state index in [4.69, 9.17) is 20.8 Å². The van der Waals surface area contributed by atoms with Gasteiger partial charge in [0.15, 0.2) is 5.76 Å². The van der Waals surface area contributed by atoms with Crippen LogP contribution in [0.15, 0.2) is 33.5 Å². The lowest BCUT2D eigenvalue weighted by atomic mass is 9.92. The van der Waals surface area contributed by atoms with Crippen molar-refractivity contribution in [3.63, 3.8) is 0 Å². The van der Waals surface area contributed by atoms with Gasteiger partial charge in [-0.3, -0.25) is 9.59 Å². The van der Waals surface area contributed by atoms with E-state index in [0.717, 1.165) is 6.07 Å². The van der Waals surface area contributed by atoms with Crippen LogP contribution in [-0.2, 0) is 20.9 Å². The van der Waals surface area contributed by atoms with Crippen LogP contribution in [0.1, 0.15) is 29.4 Å². The van der Waals surface area contributed by atoms with Crippen LogP contribution in [0.5, 0.6) is 11.5 Å². The van der Waals surface area contributed by atoms with Gasteiger partial charge in [-0.05, 0) is 17.7 Å². The van der Waals surface area contributed by atoms with Crippen LogP contribution in [-0.4, -0.2) is 30.4 Å². The number of halogens is 1. The van der Waals surface area contributed by atoms with Crippen molar-refractivity contribution < 1.29 is 28.9 Å². The Bertz CT molecular complexity index is 828. The maximum Gasteiger partial charge on any atom is 0.306 e. The van der Waals surface area contributed by atoms with Crippen LogP contribution in [0.25, 0.3) is 0 Å². The standard InChI is InChI=1S/C17H17ClO7/c1-23-8-10-6-14(20)16(22)17(25-10)11(7-15(21)24-2)9-3-4-13(19)12(18)5-9/h3-6,11,19,22H,7-8H2,1-2H3/t11-/m1/s1. The summed E-state index contributed by atoms with van der Waals surface area (Å²) in [6.45, 7) is 0.0177. The molecule has 2 N–H and O–H groups in total. The van der Waals surface area contributed by atoms with E-state index in [2.05, 4.69) is 4.74 Å². The zero-order valence-electron chi connectivity index (χ0n) is 13.6. The van der Waals surface area contributed by atoms with Crippen molar-refractivity contribution in [2.45, 2.75) is 18.9 Å². The molecule has 0 saturated heterocycles. The summed E-state index contributed by atoms with van der Waals surface area (Å²) in [4.78, 5) is 23.8. The van der Waals surface area contributed by atoms with E-state index in [1.54, 1.807) is 0 Å². The molecule has 0 aliphatic carbocycles. The summed E-state index contributed by atoms with van der Waals surface area (Å²) in [5.41, 5.74) is -0.200. The van der Waals surface area contributed by atoms with Crippen molar-refractivity contribution >= 4 is 17.6 Å². The molecule has 0 fully saturated rings. The SMILES string of the molecule is COCc1cc(=O)c(O)c([C@H](CC(=O)OC)c2ccc(O)c(Cl)c2)o1. The summed E-state index contributed by atoms with van der Waals surface area (Å²) in [5.74, 6) is -2.07. The summed E-state index contributed by atoms with van der Waals surface area (Å²) >= 11 is 5.93. The van der Waals surface area contributed by atoms with E-state index in [1.807, 2.05) is 0 Å². The summed E-state index contributed by atoms with van der Waals surface area (Å²) in [5, 5.41) is 19.8. The Morgan fingerprint density at radius 2 is 2.00 bits per heavy atom. The maximum atomic E-state index is 12.0. The highest BCUT2D eigenvalue weighted by Gasteiger charge is 2.27. The molecule has 1 heterocycles. The topological polar surface area (TPSA) is 106 Å². The number of phenolic OH excluding ortho intramolecular Hbond substituents is 1. The Labute approximate surface area is 148 Å². The maximum absolute atomic E-state index is 12.0. The molecule has 2 aromatic rings. The molecule has 1 atom stereocenters. The minimum Gasteiger partial charge on any atom is -0.506 e. The molecular formula is C17H17ClO7. The van der Waals surface area contributed by atoms with Crippen LogP contribution in [0, 0.1) is 0 Å². The van der Waals surface area contributed by atoms with E-state index in [-0.39, 0.29) is 35.3 Å². The first kappa shape index (κ1) is 18.8. The van der Waals surface area contributed by atoms with Crippen LogP contribution < -0.4 is 5.43 Å². The van der Waals surface area contributed by atoms with Crippen molar-refractivity contribution in [3.05, 3.63) is 56.6 Å². The Kier molecular flexibility index (Phi) is 6.06. The quantitative estimate of drug-likeness (QED) is 0.754. The van der Waals surface area contributed by atoms with Crippen molar-refractivity contribution in [1.29, 1.82) is 0 Å². The van der Waals surface area contributed by atoms with Gasteiger partial charge in [-0.2, -0.15) is 0 Å². The molecular weight excluding hydrogens is 352 g/mol. The average molecular weight is 369 g/mol. The van der Waals surface area contributed by atoms with Gasteiger partial charge in [-0.15, -0.1) is 0 Å². The third-order valence-electron chi connectivity index (χ3n) is 3.58. The average Bonchev–Trinajstić information content (AvgIpc) is 2.58. The number of hydrogen-bond donors (Lipinski definition) is 2. The predicted octanol–water partition coefficient (Wildman–Crippen LogP) is 2.55. The molecule has 0 spiro atoms. The number of benzene rings is 1. The second kappa shape index (κ2) is 8.04. The zero-order chi connectivity index (χ0) is 18.6. The molecule has 2 rings (SSSR count). The summed E-state index contributed by atoms with van der Waals surface area (Å²) in [6.07, 6.45) is -0.204. The monoisotopic (exact) mass is 368 g/mol. The molecule has 0 aliphatic rings. The molecule has 0 saturated carbocycles. The minimum absolute atomic E-state index is 0.0177. The Hall–Kier alpha value is -2.51. The third kappa shape index (κ3) is 4.32. The van der Waals surface area contributed by atoms with Crippen molar-refractivity contribution in [3.8, 4) is 11.5 Å². The fourth-order valence-corrected chi connectivity index (χ4v) is 2.55. The number of carbonyl (C=O) groups is 1. The molecule has 0 bridgehead atoms. The van der Waals surface area contributed by atoms with Gasteiger partial charge >= 0.3 is 5.97 Å². The van der Waals surface area contributed by atoms with Gasteiger partial charge in [-0.25, -0.2) is 0 Å². The Morgan fingerprint density at radius 1 is 1.28 bits per heavy atom. The number of ether oxygens (including phenoxy) is 2. The van der Waals surface area contributed by atoms with Gasteiger partial charge in [-0.1, -0.05) is 17.7 Å². The van der Waals surface area contributed by atoms with E-state index in [9.17, 15) is 19.8 Å². The number of hydrogen-bond acceptors (Lipinski definition) is 7. The first-order valence-corrected chi connectivity index (χ1v) is 7.65. The number of esters is 1. The lowest BCUT2D eigenvalue weighted by Gasteiger charge is -2.18. The number of aromatic hydroxyl groups is 2. The highest BCUT2D eigenvalue weighted by atomic mass is 35.5. The second-order valence-electron chi connectivity index (χ2n) is 5.27. The van der Waals surface area contributed by atoms with E-state index >= 15 is 0 Å². The number of phenols is 1. The van der Waals surface area contributed by atoms with Gasteiger partial charge in [0.1, 0.15) is 18.1 Å².